The Morgan fingerprint density at radius 1 is 0.933 bits per heavy atom. The molecule has 1 N–H and O–H groups in total. The molecule has 0 unspecified atom stereocenters. The van der Waals surface area contributed by atoms with Gasteiger partial charge in [-0.3, -0.25) is 9.10 Å². The molecule has 0 heterocycles. The number of sulfonamides is 1. The maximum absolute atomic E-state index is 13.8. The molecule has 0 saturated carbocycles. The molecule has 0 radical (unpaired) electrons. The van der Waals surface area contributed by atoms with E-state index in [9.17, 15) is 22.0 Å². The molecule has 1 amide bonds. The van der Waals surface area contributed by atoms with Gasteiger partial charge in [-0.25, -0.2) is 17.2 Å². The first-order chi connectivity index (χ1) is 14.3. The molecular formula is C21H17ClF2N2O3S. The molecule has 0 aromatic heterocycles. The van der Waals surface area contributed by atoms with Crippen LogP contribution in [-0.2, 0) is 21.4 Å². The maximum Gasteiger partial charge on any atom is 0.264 e. The average molecular weight is 451 g/mol. The van der Waals surface area contributed by atoms with Crippen LogP contribution in [-0.4, -0.2) is 20.9 Å². The lowest BCUT2D eigenvalue weighted by Gasteiger charge is -2.24. The largest absolute Gasteiger partial charge is 0.350 e. The summed E-state index contributed by atoms with van der Waals surface area (Å²) in [5.74, 6) is -1.88. The van der Waals surface area contributed by atoms with E-state index in [1.165, 1.54) is 36.4 Å². The zero-order chi connectivity index (χ0) is 21.7. The zero-order valence-corrected chi connectivity index (χ0v) is 17.1. The van der Waals surface area contributed by atoms with Crippen LogP contribution in [0.2, 0.25) is 5.02 Å². The summed E-state index contributed by atoms with van der Waals surface area (Å²) < 4.78 is 54.4. The molecule has 0 spiro atoms. The molecule has 0 saturated heterocycles. The highest BCUT2D eigenvalue weighted by Crippen LogP contribution is 2.27. The van der Waals surface area contributed by atoms with Crippen LogP contribution in [0.5, 0.6) is 0 Å². The van der Waals surface area contributed by atoms with E-state index in [-0.39, 0.29) is 27.7 Å². The van der Waals surface area contributed by atoms with Gasteiger partial charge >= 0.3 is 0 Å². The van der Waals surface area contributed by atoms with Gasteiger partial charge in [0.25, 0.3) is 10.0 Å². The first kappa shape index (κ1) is 21.7. The fraction of sp³-hybridized carbons (Fsp3) is 0.0952. The Morgan fingerprint density at radius 3 is 2.27 bits per heavy atom. The lowest BCUT2D eigenvalue weighted by molar-refractivity contribution is -0.119. The predicted molar refractivity (Wildman–Crippen MR) is 111 cm³/mol. The fourth-order valence-electron chi connectivity index (χ4n) is 2.70. The second-order valence-electron chi connectivity index (χ2n) is 6.29. The molecule has 3 rings (SSSR count). The van der Waals surface area contributed by atoms with Gasteiger partial charge < -0.3 is 5.32 Å². The van der Waals surface area contributed by atoms with Crippen molar-refractivity contribution in [1.82, 2.24) is 5.32 Å². The van der Waals surface area contributed by atoms with E-state index in [0.29, 0.717) is 0 Å². The van der Waals surface area contributed by atoms with E-state index in [1.54, 1.807) is 24.3 Å². The van der Waals surface area contributed by atoms with Crippen LogP contribution < -0.4 is 9.62 Å². The highest BCUT2D eigenvalue weighted by molar-refractivity contribution is 7.92. The minimum atomic E-state index is -4.15. The van der Waals surface area contributed by atoms with E-state index in [1.807, 2.05) is 0 Å². The molecule has 0 bridgehead atoms. The lowest BCUT2D eigenvalue weighted by atomic mass is 10.2. The van der Waals surface area contributed by atoms with Crippen molar-refractivity contribution in [1.29, 1.82) is 0 Å². The highest BCUT2D eigenvalue weighted by Gasteiger charge is 2.27. The van der Waals surface area contributed by atoms with Gasteiger partial charge in [-0.05, 0) is 36.4 Å². The van der Waals surface area contributed by atoms with E-state index < -0.39 is 34.1 Å². The molecule has 5 nitrogen and oxygen atoms in total. The van der Waals surface area contributed by atoms with Crippen LogP contribution in [0, 0.1) is 11.6 Å². The van der Waals surface area contributed by atoms with Gasteiger partial charge in [0.05, 0.1) is 15.6 Å². The summed E-state index contributed by atoms with van der Waals surface area (Å²) in [4.78, 5) is 12.4. The van der Waals surface area contributed by atoms with Crippen LogP contribution >= 0.6 is 11.6 Å². The third-order valence-electron chi connectivity index (χ3n) is 4.24. The predicted octanol–water partition coefficient (Wildman–Crippen LogP) is 4.13. The molecular weight excluding hydrogens is 434 g/mol. The van der Waals surface area contributed by atoms with E-state index in [4.69, 9.17) is 11.6 Å². The van der Waals surface area contributed by atoms with Gasteiger partial charge in [-0.1, -0.05) is 48.0 Å². The van der Waals surface area contributed by atoms with Crippen LogP contribution in [0.1, 0.15) is 5.56 Å². The number of rotatable bonds is 7. The van der Waals surface area contributed by atoms with E-state index in [0.717, 1.165) is 16.4 Å². The van der Waals surface area contributed by atoms with E-state index >= 15 is 0 Å². The number of amides is 1. The SMILES string of the molecule is O=C(CN(c1ccc(F)c(Cl)c1)S(=O)(=O)c1ccccc1)NCc1ccccc1F. The Kier molecular flexibility index (Phi) is 6.69. The van der Waals surface area contributed by atoms with Crippen molar-refractivity contribution >= 4 is 33.2 Å². The molecule has 0 aliphatic heterocycles. The van der Waals surface area contributed by atoms with Gasteiger partial charge in [-0.2, -0.15) is 0 Å². The molecule has 0 aliphatic carbocycles. The first-order valence-electron chi connectivity index (χ1n) is 8.82. The van der Waals surface area contributed by atoms with E-state index in [2.05, 4.69) is 5.32 Å². The molecule has 9 heteroatoms. The average Bonchev–Trinajstić information content (AvgIpc) is 2.74. The smallest absolute Gasteiger partial charge is 0.264 e. The minimum absolute atomic E-state index is 0.0197. The summed E-state index contributed by atoms with van der Waals surface area (Å²) in [5, 5.41) is 2.21. The normalized spacial score (nSPS) is 11.2. The first-order valence-corrected chi connectivity index (χ1v) is 10.6. The summed E-state index contributed by atoms with van der Waals surface area (Å²) in [6.07, 6.45) is 0. The quantitative estimate of drug-likeness (QED) is 0.588. The standard InChI is InChI=1S/C21H17ClF2N2O3S/c22-18-12-16(10-11-20(18)24)26(30(28,29)17-7-2-1-3-8-17)14-21(27)25-13-15-6-4-5-9-19(15)23/h1-12H,13-14H2,(H,25,27). The lowest BCUT2D eigenvalue weighted by Crippen LogP contribution is -2.40. The summed E-state index contributed by atoms with van der Waals surface area (Å²) in [6.45, 7) is -0.720. The van der Waals surface area contributed by atoms with Gasteiger partial charge in [-0.15, -0.1) is 0 Å². The van der Waals surface area contributed by atoms with Gasteiger partial charge in [0.1, 0.15) is 18.2 Å². The van der Waals surface area contributed by atoms with Crippen molar-refractivity contribution in [2.24, 2.45) is 0 Å². The monoisotopic (exact) mass is 450 g/mol. The Labute approximate surface area is 178 Å². The van der Waals surface area contributed by atoms with Gasteiger partial charge in [0.2, 0.25) is 5.91 Å². The Morgan fingerprint density at radius 2 is 1.60 bits per heavy atom. The number of nitrogens with one attached hydrogen (secondary N) is 1. The number of hydrogen-bond donors (Lipinski definition) is 1. The van der Waals surface area contributed by atoms with Gasteiger partial charge in [0, 0.05) is 12.1 Å². The Balaban J connectivity index is 1.88. The fourth-order valence-corrected chi connectivity index (χ4v) is 4.31. The number of hydrogen-bond acceptors (Lipinski definition) is 3. The number of carbonyl (C=O) groups is 1. The molecule has 30 heavy (non-hydrogen) atoms. The van der Waals surface area contributed by atoms with Crippen molar-refractivity contribution in [3.05, 3.63) is 95.0 Å². The molecule has 3 aromatic rings. The Hall–Kier alpha value is -2.97. The highest BCUT2D eigenvalue weighted by atomic mass is 35.5. The number of carbonyl (C=O) groups excluding carboxylic acids is 1. The number of benzene rings is 3. The summed E-state index contributed by atoms with van der Waals surface area (Å²) >= 11 is 5.81. The van der Waals surface area contributed by atoms with Crippen LogP contribution in [0.3, 0.4) is 0 Å². The Bertz CT molecular complexity index is 1160. The third kappa shape index (κ3) is 4.95. The van der Waals surface area contributed by atoms with Crippen molar-refractivity contribution in [3.63, 3.8) is 0 Å². The zero-order valence-electron chi connectivity index (χ0n) is 15.6. The van der Waals surface area contributed by atoms with Crippen molar-refractivity contribution < 1.29 is 22.0 Å². The number of halogens is 3. The molecule has 156 valence electrons. The number of anilines is 1. The topological polar surface area (TPSA) is 66.5 Å². The van der Waals surface area contributed by atoms with Crippen molar-refractivity contribution in [3.8, 4) is 0 Å². The van der Waals surface area contributed by atoms with Crippen LogP contribution in [0.4, 0.5) is 14.5 Å². The summed E-state index contributed by atoms with van der Waals surface area (Å²) in [5.41, 5.74) is 0.277. The summed E-state index contributed by atoms with van der Waals surface area (Å²) in [6, 6.07) is 16.8. The van der Waals surface area contributed by atoms with Crippen molar-refractivity contribution in [2.45, 2.75) is 11.4 Å². The van der Waals surface area contributed by atoms with Crippen LogP contribution in [0.15, 0.2) is 77.7 Å². The second-order valence-corrected chi connectivity index (χ2v) is 8.56. The molecule has 0 atom stereocenters. The molecule has 0 aliphatic rings. The van der Waals surface area contributed by atoms with Crippen LogP contribution in [0.25, 0.3) is 0 Å². The summed E-state index contributed by atoms with van der Waals surface area (Å²) in [7, 11) is -4.15. The molecule has 3 aromatic carbocycles. The van der Waals surface area contributed by atoms with Crippen molar-refractivity contribution in [2.75, 3.05) is 10.8 Å². The number of nitrogens with zero attached hydrogens (tertiary/aromatic N) is 1. The maximum atomic E-state index is 13.8. The second kappa shape index (κ2) is 9.23. The minimum Gasteiger partial charge on any atom is -0.350 e. The van der Waals surface area contributed by atoms with Gasteiger partial charge in [0.15, 0.2) is 0 Å². The molecule has 0 fully saturated rings. The third-order valence-corrected chi connectivity index (χ3v) is 6.32.